The molecule has 0 heterocycles. The van der Waals surface area contributed by atoms with Gasteiger partial charge in [0.25, 0.3) is 0 Å². The van der Waals surface area contributed by atoms with E-state index in [9.17, 15) is 4.79 Å². The third kappa shape index (κ3) is 2.38. The van der Waals surface area contributed by atoms with Gasteiger partial charge in [-0.2, -0.15) is 0 Å². The van der Waals surface area contributed by atoms with Crippen molar-refractivity contribution < 1.29 is 9.53 Å². The lowest BCUT2D eigenvalue weighted by molar-refractivity contribution is 0.101. The Morgan fingerprint density at radius 1 is 1.12 bits per heavy atom. The number of carbonyl (C=O) groups excluding carboxylic acids is 1. The van der Waals surface area contributed by atoms with Gasteiger partial charge in [-0.25, -0.2) is 0 Å². The number of benzene rings is 2. The SMILES string of the molecule is COc1ccc(C(=O)C(Br)Br)c2ccccc12. The zero-order valence-corrected chi connectivity index (χ0v) is 12.3. The molecule has 0 saturated heterocycles. The Bertz CT molecular complexity index is 564. The molecule has 0 aliphatic carbocycles. The van der Waals surface area contributed by atoms with Crippen LogP contribution >= 0.6 is 31.9 Å². The van der Waals surface area contributed by atoms with Crippen molar-refractivity contribution in [2.24, 2.45) is 0 Å². The van der Waals surface area contributed by atoms with Gasteiger partial charge in [0.1, 0.15) is 9.49 Å². The minimum atomic E-state index is -0.369. The molecule has 0 aliphatic heterocycles. The van der Waals surface area contributed by atoms with Crippen molar-refractivity contribution in [2.75, 3.05) is 7.11 Å². The normalized spacial score (nSPS) is 10.8. The highest BCUT2D eigenvalue weighted by atomic mass is 79.9. The first kappa shape index (κ1) is 12.6. The lowest BCUT2D eigenvalue weighted by atomic mass is 10.0. The van der Waals surface area contributed by atoms with Gasteiger partial charge < -0.3 is 4.74 Å². The van der Waals surface area contributed by atoms with Crippen LogP contribution in [0.25, 0.3) is 10.8 Å². The van der Waals surface area contributed by atoms with Crippen LogP contribution in [0.2, 0.25) is 0 Å². The quantitative estimate of drug-likeness (QED) is 0.609. The van der Waals surface area contributed by atoms with E-state index in [2.05, 4.69) is 31.9 Å². The molecular formula is C13H10Br2O2. The summed E-state index contributed by atoms with van der Waals surface area (Å²) >= 11 is 6.47. The standard InChI is InChI=1S/C13H10Br2O2/c1-17-11-7-6-10(12(16)13(14)15)8-4-2-3-5-9(8)11/h2-7,13H,1H3. The fourth-order valence-corrected chi connectivity index (χ4v) is 2.28. The Balaban J connectivity index is 2.71. The van der Waals surface area contributed by atoms with Crippen LogP contribution in [0.5, 0.6) is 5.75 Å². The summed E-state index contributed by atoms with van der Waals surface area (Å²) in [5.41, 5.74) is 0.681. The monoisotopic (exact) mass is 356 g/mol. The first-order valence-corrected chi connectivity index (χ1v) is 6.86. The maximum atomic E-state index is 12.0. The van der Waals surface area contributed by atoms with Gasteiger partial charge in [0.05, 0.1) is 7.11 Å². The van der Waals surface area contributed by atoms with E-state index in [4.69, 9.17) is 4.74 Å². The summed E-state index contributed by atoms with van der Waals surface area (Å²) in [6.07, 6.45) is 0. The average Bonchev–Trinajstić information content (AvgIpc) is 2.36. The zero-order chi connectivity index (χ0) is 12.4. The minimum absolute atomic E-state index is 0.00357. The van der Waals surface area contributed by atoms with E-state index in [1.807, 2.05) is 30.3 Å². The molecule has 0 spiro atoms. The van der Waals surface area contributed by atoms with Crippen molar-refractivity contribution in [3.63, 3.8) is 0 Å². The summed E-state index contributed by atoms with van der Waals surface area (Å²) in [5, 5.41) is 1.85. The molecular weight excluding hydrogens is 348 g/mol. The maximum Gasteiger partial charge on any atom is 0.187 e. The van der Waals surface area contributed by atoms with E-state index >= 15 is 0 Å². The molecule has 2 aromatic rings. The molecule has 0 fully saturated rings. The Morgan fingerprint density at radius 2 is 1.76 bits per heavy atom. The first-order valence-electron chi connectivity index (χ1n) is 5.03. The van der Waals surface area contributed by atoms with Crippen LogP contribution in [0.15, 0.2) is 36.4 Å². The van der Waals surface area contributed by atoms with Crippen molar-refractivity contribution >= 4 is 48.4 Å². The third-order valence-electron chi connectivity index (χ3n) is 2.57. The number of hydrogen-bond acceptors (Lipinski definition) is 2. The van der Waals surface area contributed by atoms with Crippen molar-refractivity contribution in [3.8, 4) is 5.75 Å². The summed E-state index contributed by atoms with van der Waals surface area (Å²) in [6, 6.07) is 11.3. The van der Waals surface area contributed by atoms with Crippen LogP contribution in [0.3, 0.4) is 0 Å². The molecule has 0 radical (unpaired) electrons. The lowest BCUT2D eigenvalue weighted by Gasteiger charge is -2.10. The topological polar surface area (TPSA) is 26.3 Å². The highest BCUT2D eigenvalue weighted by molar-refractivity contribution is 9.25. The van der Waals surface area contributed by atoms with E-state index in [0.717, 1.165) is 16.5 Å². The van der Waals surface area contributed by atoms with E-state index in [1.54, 1.807) is 13.2 Å². The predicted octanol–water partition coefficient (Wildman–Crippen LogP) is 4.15. The molecule has 0 amide bonds. The van der Waals surface area contributed by atoms with Crippen LogP contribution in [0.1, 0.15) is 10.4 Å². The highest BCUT2D eigenvalue weighted by Gasteiger charge is 2.17. The van der Waals surface area contributed by atoms with Gasteiger partial charge >= 0.3 is 0 Å². The molecule has 0 bridgehead atoms. The number of fused-ring (bicyclic) bond motifs is 1. The molecule has 2 aromatic carbocycles. The molecule has 4 heteroatoms. The number of Topliss-reactive ketones (excluding diaryl/α,β-unsaturated/α-hetero) is 1. The lowest BCUT2D eigenvalue weighted by Crippen LogP contribution is -2.07. The zero-order valence-electron chi connectivity index (χ0n) is 9.11. The summed E-state index contributed by atoms with van der Waals surface area (Å²) < 4.78 is 4.92. The van der Waals surface area contributed by atoms with Crippen LogP contribution in [-0.4, -0.2) is 16.6 Å². The molecule has 88 valence electrons. The summed E-state index contributed by atoms with van der Waals surface area (Å²) in [6.45, 7) is 0. The number of ether oxygens (including phenoxy) is 1. The first-order chi connectivity index (χ1) is 8.15. The van der Waals surface area contributed by atoms with E-state index < -0.39 is 0 Å². The molecule has 2 nitrogen and oxygen atoms in total. The molecule has 0 aromatic heterocycles. The van der Waals surface area contributed by atoms with E-state index in [1.165, 1.54) is 0 Å². The summed E-state index contributed by atoms with van der Waals surface area (Å²) in [5.74, 6) is 0.779. The largest absolute Gasteiger partial charge is 0.496 e. The van der Waals surface area contributed by atoms with Crippen molar-refractivity contribution in [3.05, 3.63) is 42.0 Å². The van der Waals surface area contributed by atoms with Gasteiger partial charge in [0.15, 0.2) is 5.78 Å². The molecule has 0 unspecified atom stereocenters. The number of rotatable bonds is 3. The second-order valence-corrected chi connectivity index (χ2v) is 6.59. The fourth-order valence-electron chi connectivity index (χ4n) is 1.78. The maximum absolute atomic E-state index is 12.0. The number of methoxy groups -OCH3 is 1. The molecule has 0 aliphatic rings. The summed E-state index contributed by atoms with van der Waals surface area (Å²) in [7, 11) is 1.63. The number of hydrogen-bond donors (Lipinski definition) is 0. The van der Waals surface area contributed by atoms with Gasteiger partial charge in [-0.05, 0) is 17.5 Å². The molecule has 0 N–H and O–H groups in total. The van der Waals surface area contributed by atoms with Gasteiger partial charge in [0, 0.05) is 10.9 Å². The van der Waals surface area contributed by atoms with Gasteiger partial charge in [-0.15, -0.1) is 0 Å². The molecule has 2 rings (SSSR count). The van der Waals surface area contributed by atoms with Crippen molar-refractivity contribution in [2.45, 2.75) is 3.74 Å². The number of halogens is 2. The highest BCUT2D eigenvalue weighted by Crippen LogP contribution is 2.30. The average molecular weight is 358 g/mol. The smallest absolute Gasteiger partial charge is 0.187 e. The predicted molar refractivity (Wildman–Crippen MR) is 76.5 cm³/mol. The van der Waals surface area contributed by atoms with Crippen LogP contribution in [0.4, 0.5) is 0 Å². The van der Waals surface area contributed by atoms with Gasteiger partial charge in [-0.1, -0.05) is 56.1 Å². The Labute approximate surface area is 116 Å². The molecule has 0 saturated carbocycles. The van der Waals surface area contributed by atoms with E-state index in [-0.39, 0.29) is 9.52 Å². The number of carbonyl (C=O) groups is 1. The minimum Gasteiger partial charge on any atom is -0.496 e. The van der Waals surface area contributed by atoms with Crippen molar-refractivity contribution in [1.29, 1.82) is 0 Å². The van der Waals surface area contributed by atoms with Crippen LogP contribution < -0.4 is 4.74 Å². The Morgan fingerprint density at radius 3 is 2.35 bits per heavy atom. The second kappa shape index (κ2) is 5.19. The Hall–Kier alpha value is -0.870. The van der Waals surface area contributed by atoms with Gasteiger partial charge in [-0.3, -0.25) is 4.79 Å². The van der Waals surface area contributed by atoms with Crippen LogP contribution in [0, 0.1) is 0 Å². The molecule has 17 heavy (non-hydrogen) atoms. The fraction of sp³-hybridized carbons (Fsp3) is 0.154. The summed E-state index contributed by atoms with van der Waals surface area (Å²) in [4.78, 5) is 12.0. The third-order valence-corrected chi connectivity index (χ3v) is 3.40. The second-order valence-electron chi connectivity index (χ2n) is 3.53. The van der Waals surface area contributed by atoms with E-state index in [0.29, 0.717) is 5.56 Å². The van der Waals surface area contributed by atoms with Gasteiger partial charge in [0.2, 0.25) is 0 Å². The molecule has 0 atom stereocenters. The van der Waals surface area contributed by atoms with Crippen molar-refractivity contribution in [1.82, 2.24) is 0 Å². The number of ketones is 1. The Kier molecular flexibility index (Phi) is 3.84. The number of alkyl halides is 2. The van der Waals surface area contributed by atoms with Crippen LogP contribution in [-0.2, 0) is 0 Å².